The Kier molecular flexibility index (Phi) is 4.60. The number of thiazole rings is 1. The molecule has 1 aromatic carbocycles. The summed E-state index contributed by atoms with van der Waals surface area (Å²) >= 11 is 1.27. The van der Waals surface area contributed by atoms with Crippen LogP contribution in [0, 0.1) is 6.92 Å². The smallest absolute Gasteiger partial charge is 0.338 e. The fourth-order valence-corrected chi connectivity index (χ4v) is 4.33. The van der Waals surface area contributed by atoms with Crippen molar-refractivity contribution in [3.63, 3.8) is 0 Å². The molecule has 1 aliphatic rings. The molecule has 0 spiro atoms. The van der Waals surface area contributed by atoms with E-state index in [1.165, 1.54) is 18.4 Å². The first-order valence-electron chi connectivity index (χ1n) is 8.72. The van der Waals surface area contributed by atoms with Crippen molar-refractivity contribution >= 4 is 23.4 Å². The van der Waals surface area contributed by atoms with Crippen LogP contribution in [0.15, 0.2) is 67.9 Å². The molecule has 1 aliphatic heterocycles. The van der Waals surface area contributed by atoms with E-state index in [2.05, 4.69) is 4.99 Å². The SMILES string of the molecule is COC(=O)C1=C(C)N=c2s/c(=C\c3ccc(C)o3)c(=O)n2[C@@H]1c1ccccc1. The van der Waals surface area contributed by atoms with Crippen molar-refractivity contribution < 1.29 is 13.9 Å². The lowest BCUT2D eigenvalue weighted by Crippen LogP contribution is -2.39. The first-order chi connectivity index (χ1) is 13.5. The van der Waals surface area contributed by atoms with Gasteiger partial charge in [-0.15, -0.1) is 0 Å². The second kappa shape index (κ2) is 7.09. The summed E-state index contributed by atoms with van der Waals surface area (Å²) < 4.78 is 12.6. The fraction of sp³-hybridized carbons (Fsp3) is 0.190. The lowest BCUT2D eigenvalue weighted by molar-refractivity contribution is -0.136. The molecule has 4 rings (SSSR count). The predicted octanol–water partition coefficient (Wildman–Crippen LogP) is 2.31. The second-order valence-electron chi connectivity index (χ2n) is 6.43. The molecule has 0 unspecified atom stereocenters. The Hall–Kier alpha value is -3.19. The molecule has 0 saturated heterocycles. The zero-order valence-corrected chi connectivity index (χ0v) is 16.4. The van der Waals surface area contributed by atoms with Gasteiger partial charge in [-0.2, -0.15) is 0 Å². The molecule has 0 amide bonds. The van der Waals surface area contributed by atoms with Gasteiger partial charge < -0.3 is 9.15 Å². The fourth-order valence-electron chi connectivity index (χ4n) is 3.30. The molecule has 2 aromatic heterocycles. The van der Waals surface area contributed by atoms with Gasteiger partial charge in [-0.3, -0.25) is 9.36 Å². The Labute approximate surface area is 164 Å². The topological polar surface area (TPSA) is 73.8 Å². The summed E-state index contributed by atoms with van der Waals surface area (Å²) in [6.07, 6.45) is 1.70. The van der Waals surface area contributed by atoms with Gasteiger partial charge in [-0.25, -0.2) is 9.79 Å². The van der Waals surface area contributed by atoms with Crippen LogP contribution in [-0.2, 0) is 9.53 Å². The first-order valence-corrected chi connectivity index (χ1v) is 9.53. The summed E-state index contributed by atoms with van der Waals surface area (Å²) in [4.78, 5) is 30.8. The molecule has 6 nitrogen and oxygen atoms in total. The van der Waals surface area contributed by atoms with Gasteiger partial charge in [0.2, 0.25) is 0 Å². The first kappa shape index (κ1) is 18.2. The van der Waals surface area contributed by atoms with Gasteiger partial charge in [0, 0.05) is 6.08 Å². The second-order valence-corrected chi connectivity index (χ2v) is 7.44. The van der Waals surface area contributed by atoms with Gasteiger partial charge in [-0.05, 0) is 31.5 Å². The zero-order chi connectivity index (χ0) is 19.8. The van der Waals surface area contributed by atoms with Crippen molar-refractivity contribution in [2.75, 3.05) is 7.11 Å². The van der Waals surface area contributed by atoms with Crippen molar-refractivity contribution in [1.29, 1.82) is 0 Å². The van der Waals surface area contributed by atoms with Crippen molar-refractivity contribution in [3.8, 4) is 0 Å². The Balaban J connectivity index is 1.99. The summed E-state index contributed by atoms with van der Waals surface area (Å²) in [7, 11) is 1.33. The van der Waals surface area contributed by atoms with Crippen LogP contribution in [0.25, 0.3) is 6.08 Å². The highest BCUT2D eigenvalue weighted by molar-refractivity contribution is 7.07. The molecule has 1 atom stereocenters. The average molecular weight is 394 g/mol. The number of hydrogen-bond acceptors (Lipinski definition) is 6. The standard InChI is InChI=1S/C21H18N2O4S/c1-12-9-10-15(27-12)11-16-19(24)23-18(14-7-5-4-6-8-14)17(20(25)26-3)13(2)22-21(23)28-16/h4-11,18H,1-3H3/b16-11-/t18-/m1/s1. The number of carbonyl (C=O) groups excluding carboxylic acids is 1. The number of benzene rings is 1. The number of furan rings is 1. The predicted molar refractivity (Wildman–Crippen MR) is 106 cm³/mol. The van der Waals surface area contributed by atoms with Crippen LogP contribution >= 0.6 is 11.3 Å². The molecular formula is C21H18N2O4S. The molecule has 0 bridgehead atoms. The largest absolute Gasteiger partial charge is 0.466 e. The minimum atomic E-state index is -0.592. The van der Waals surface area contributed by atoms with Gasteiger partial charge in [0.1, 0.15) is 11.5 Å². The summed E-state index contributed by atoms with van der Waals surface area (Å²) in [6.45, 7) is 3.61. The number of nitrogens with zero attached hydrogens (tertiary/aromatic N) is 2. The monoisotopic (exact) mass is 394 g/mol. The highest BCUT2D eigenvalue weighted by atomic mass is 32.1. The number of carbonyl (C=O) groups is 1. The average Bonchev–Trinajstić information content (AvgIpc) is 3.24. The molecule has 0 fully saturated rings. The lowest BCUT2D eigenvalue weighted by Gasteiger charge is -2.24. The number of hydrogen-bond donors (Lipinski definition) is 0. The van der Waals surface area contributed by atoms with Crippen LogP contribution in [0.3, 0.4) is 0 Å². The maximum absolute atomic E-state index is 13.2. The molecule has 3 aromatic rings. The Morgan fingerprint density at radius 2 is 1.96 bits per heavy atom. The number of esters is 1. The Bertz CT molecular complexity index is 1260. The minimum absolute atomic E-state index is 0.222. The number of fused-ring (bicyclic) bond motifs is 1. The molecule has 28 heavy (non-hydrogen) atoms. The normalized spacial score (nSPS) is 16.7. The van der Waals surface area contributed by atoms with Gasteiger partial charge in [0.25, 0.3) is 5.56 Å². The molecule has 0 saturated carbocycles. The van der Waals surface area contributed by atoms with Crippen molar-refractivity contribution in [2.24, 2.45) is 4.99 Å². The zero-order valence-electron chi connectivity index (χ0n) is 15.6. The van der Waals surface area contributed by atoms with E-state index < -0.39 is 12.0 Å². The van der Waals surface area contributed by atoms with E-state index in [1.54, 1.807) is 17.6 Å². The van der Waals surface area contributed by atoms with Crippen molar-refractivity contribution in [2.45, 2.75) is 19.9 Å². The number of aryl methyl sites for hydroxylation is 1. The van der Waals surface area contributed by atoms with E-state index in [-0.39, 0.29) is 5.56 Å². The highest BCUT2D eigenvalue weighted by Gasteiger charge is 2.32. The van der Waals surface area contributed by atoms with E-state index in [0.717, 1.165) is 11.3 Å². The molecule has 0 N–H and O–H groups in total. The van der Waals surface area contributed by atoms with Crippen LogP contribution in [0.1, 0.15) is 30.0 Å². The third-order valence-corrected chi connectivity index (χ3v) is 5.56. The number of rotatable bonds is 3. The number of aromatic nitrogens is 1. The minimum Gasteiger partial charge on any atom is -0.466 e. The summed E-state index contributed by atoms with van der Waals surface area (Å²) in [5.41, 5.74) is 1.50. The van der Waals surface area contributed by atoms with E-state index in [4.69, 9.17) is 9.15 Å². The Morgan fingerprint density at radius 3 is 2.61 bits per heavy atom. The summed E-state index contributed by atoms with van der Waals surface area (Å²) in [6, 6.07) is 12.5. The Morgan fingerprint density at radius 1 is 1.21 bits per heavy atom. The molecule has 7 heteroatoms. The van der Waals surface area contributed by atoms with Crippen molar-refractivity contribution in [3.05, 3.63) is 90.5 Å². The van der Waals surface area contributed by atoms with Gasteiger partial charge in [-0.1, -0.05) is 41.7 Å². The van der Waals surface area contributed by atoms with Crippen LogP contribution in [0.4, 0.5) is 0 Å². The van der Waals surface area contributed by atoms with Gasteiger partial charge >= 0.3 is 5.97 Å². The van der Waals surface area contributed by atoms with Crippen LogP contribution in [0.5, 0.6) is 0 Å². The van der Waals surface area contributed by atoms with Crippen LogP contribution in [-0.4, -0.2) is 17.6 Å². The maximum atomic E-state index is 13.2. The van der Waals surface area contributed by atoms with E-state index >= 15 is 0 Å². The van der Waals surface area contributed by atoms with Crippen LogP contribution in [0.2, 0.25) is 0 Å². The van der Waals surface area contributed by atoms with Gasteiger partial charge in [0.05, 0.1) is 29.0 Å². The van der Waals surface area contributed by atoms with Crippen LogP contribution < -0.4 is 14.9 Å². The van der Waals surface area contributed by atoms with E-state index in [0.29, 0.717) is 26.4 Å². The molecule has 3 heterocycles. The number of allylic oxidation sites excluding steroid dienone is 1. The molecule has 142 valence electrons. The third-order valence-electron chi connectivity index (χ3n) is 4.58. The van der Waals surface area contributed by atoms with Gasteiger partial charge in [0.15, 0.2) is 4.80 Å². The number of ether oxygens (including phenoxy) is 1. The van der Waals surface area contributed by atoms with E-state index in [9.17, 15) is 9.59 Å². The molecule has 0 radical (unpaired) electrons. The van der Waals surface area contributed by atoms with E-state index in [1.807, 2.05) is 49.4 Å². The number of methoxy groups -OCH3 is 1. The summed E-state index contributed by atoms with van der Waals surface area (Å²) in [5.74, 6) is 0.874. The molecular weight excluding hydrogens is 376 g/mol. The maximum Gasteiger partial charge on any atom is 0.338 e. The lowest BCUT2D eigenvalue weighted by atomic mass is 9.96. The van der Waals surface area contributed by atoms with Crippen molar-refractivity contribution in [1.82, 2.24) is 4.57 Å². The summed E-state index contributed by atoms with van der Waals surface area (Å²) in [5, 5.41) is 0. The quantitative estimate of drug-likeness (QED) is 0.639. The molecule has 0 aliphatic carbocycles. The third kappa shape index (κ3) is 3.03. The highest BCUT2D eigenvalue weighted by Crippen LogP contribution is 2.30.